The van der Waals surface area contributed by atoms with Crippen molar-refractivity contribution in [2.24, 2.45) is 0 Å². The number of aromatic nitrogens is 1. The van der Waals surface area contributed by atoms with Crippen molar-refractivity contribution in [1.29, 1.82) is 0 Å². The van der Waals surface area contributed by atoms with E-state index in [9.17, 15) is 4.79 Å². The summed E-state index contributed by atoms with van der Waals surface area (Å²) < 4.78 is 5.60. The Labute approximate surface area is 101 Å². The van der Waals surface area contributed by atoms with Crippen LogP contribution in [0.15, 0.2) is 21.8 Å². The number of carbonyl (C=O) groups is 1. The molecular formula is C9H11BrN2O2S. The lowest BCUT2D eigenvalue weighted by atomic mass is 10.4. The van der Waals surface area contributed by atoms with Gasteiger partial charge in [0.2, 0.25) is 0 Å². The number of thioether (sulfide) groups is 1. The maximum absolute atomic E-state index is 11.1. The molecule has 0 aliphatic carbocycles. The molecule has 0 fully saturated rings. The fourth-order valence-corrected chi connectivity index (χ4v) is 2.37. The quantitative estimate of drug-likeness (QED) is 0.679. The lowest BCUT2D eigenvalue weighted by molar-refractivity contribution is -0.139. The van der Waals surface area contributed by atoms with Crippen molar-refractivity contribution in [2.75, 3.05) is 18.1 Å². The Balaban J connectivity index is 2.61. The molecular weight excluding hydrogens is 280 g/mol. The zero-order chi connectivity index (χ0) is 11.3. The van der Waals surface area contributed by atoms with Crippen LogP contribution in [0.1, 0.15) is 6.92 Å². The first-order chi connectivity index (χ1) is 7.15. The van der Waals surface area contributed by atoms with Gasteiger partial charge in [-0.3, -0.25) is 9.78 Å². The number of hydrogen-bond donors (Lipinski definition) is 1. The molecule has 4 nitrogen and oxygen atoms in total. The summed E-state index contributed by atoms with van der Waals surface area (Å²) in [5.74, 6) is 0.00584. The third-order valence-electron chi connectivity index (χ3n) is 1.52. The number of anilines is 1. The topological polar surface area (TPSA) is 65.2 Å². The summed E-state index contributed by atoms with van der Waals surface area (Å²) >= 11 is 4.66. The van der Waals surface area contributed by atoms with E-state index in [-0.39, 0.29) is 11.7 Å². The number of ether oxygens (including phenoxy) is 1. The molecule has 0 aromatic carbocycles. The molecule has 15 heavy (non-hydrogen) atoms. The Morgan fingerprint density at radius 2 is 2.40 bits per heavy atom. The largest absolute Gasteiger partial charge is 0.465 e. The van der Waals surface area contributed by atoms with Gasteiger partial charge in [-0.2, -0.15) is 0 Å². The van der Waals surface area contributed by atoms with Crippen LogP contribution < -0.4 is 5.73 Å². The van der Waals surface area contributed by atoms with Gasteiger partial charge in [0.15, 0.2) is 0 Å². The smallest absolute Gasteiger partial charge is 0.316 e. The molecule has 0 atom stereocenters. The second-order valence-corrected chi connectivity index (χ2v) is 4.47. The first-order valence-electron chi connectivity index (χ1n) is 4.32. The first kappa shape index (κ1) is 12.3. The molecule has 1 aromatic heterocycles. The van der Waals surface area contributed by atoms with Crippen molar-refractivity contribution >= 4 is 39.3 Å². The van der Waals surface area contributed by atoms with E-state index in [2.05, 4.69) is 20.9 Å². The number of halogens is 1. The molecule has 6 heteroatoms. The maximum Gasteiger partial charge on any atom is 0.316 e. The maximum atomic E-state index is 11.1. The number of nitrogen functional groups attached to an aromatic ring is 1. The van der Waals surface area contributed by atoms with Crippen molar-refractivity contribution in [2.45, 2.75) is 11.8 Å². The fraction of sp³-hybridized carbons (Fsp3) is 0.333. The number of carbonyl (C=O) groups excluding carboxylic acids is 1. The summed E-state index contributed by atoms with van der Waals surface area (Å²) in [6.45, 7) is 2.17. The highest BCUT2D eigenvalue weighted by Gasteiger charge is 2.09. The summed E-state index contributed by atoms with van der Waals surface area (Å²) in [7, 11) is 0. The van der Waals surface area contributed by atoms with Crippen molar-refractivity contribution in [3.8, 4) is 0 Å². The Bertz CT molecular complexity index is 340. The minimum atomic E-state index is -0.245. The highest BCUT2D eigenvalue weighted by Crippen LogP contribution is 2.31. The molecule has 0 saturated heterocycles. The molecule has 82 valence electrons. The molecule has 0 saturated carbocycles. The van der Waals surface area contributed by atoms with Gasteiger partial charge in [0.1, 0.15) is 0 Å². The molecule has 1 heterocycles. The predicted molar refractivity (Wildman–Crippen MR) is 63.7 cm³/mol. The number of rotatable bonds is 4. The molecule has 0 spiro atoms. The number of esters is 1. The van der Waals surface area contributed by atoms with Gasteiger partial charge in [0, 0.05) is 11.1 Å². The SMILES string of the molecule is CCOC(=O)CSc1c(N)cncc1Br. The van der Waals surface area contributed by atoms with Gasteiger partial charge >= 0.3 is 5.97 Å². The highest BCUT2D eigenvalue weighted by atomic mass is 79.9. The number of pyridine rings is 1. The van der Waals surface area contributed by atoms with Crippen molar-refractivity contribution < 1.29 is 9.53 Å². The second kappa shape index (κ2) is 5.97. The van der Waals surface area contributed by atoms with E-state index in [1.54, 1.807) is 19.3 Å². The number of nitrogens with zero attached hydrogens (tertiary/aromatic N) is 1. The van der Waals surface area contributed by atoms with Gasteiger partial charge < -0.3 is 10.5 Å². The average molecular weight is 291 g/mol. The number of nitrogens with two attached hydrogens (primary N) is 1. The first-order valence-corrected chi connectivity index (χ1v) is 6.10. The van der Waals surface area contributed by atoms with Crippen LogP contribution in [0.2, 0.25) is 0 Å². The van der Waals surface area contributed by atoms with Crippen molar-refractivity contribution in [3.05, 3.63) is 16.9 Å². The summed E-state index contributed by atoms with van der Waals surface area (Å²) in [4.78, 5) is 15.8. The summed E-state index contributed by atoms with van der Waals surface area (Å²) in [5.41, 5.74) is 6.27. The second-order valence-electron chi connectivity index (χ2n) is 2.63. The van der Waals surface area contributed by atoms with Crippen LogP contribution in [0.5, 0.6) is 0 Å². The molecule has 1 aromatic rings. The summed E-state index contributed by atoms with van der Waals surface area (Å²) in [6.07, 6.45) is 3.20. The molecule has 0 aliphatic heterocycles. The van der Waals surface area contributed by atoms with E-state index in [0.717, 1.165) is 9.37 Å². The van der Waals surface area contributed by atoms with E-state index in [1.165, 1.54) is 11.8 Å². The molecule has 2 N–H and O–H groups in total. The zero-order valence-corrected chi connectivity index (χ0v) is 10.6. The molecule has 0 amide bonds. The van der Waals surface area contributed by atoms with Crippen LogP contribution in [0.3, 0.4) is 0 Å². The van der Waals surface area contributed by atoms with E-state index >= 15 is 0 Å². The van der Waals surface area contributed by atoms with Crippen molar-refractivity contribution in [3.63, 3.8) is 0 Å². The predicted octanol–water partition coefficient (Wildman–Crippen LogP) is 2.08. The normalized spacial score (nSPS) is 10.0. The Morgan fingerprint density at radius 1 is 1.67 bits per heavy atom. The van der Waals surface area contributed by atoms with Gasteiger partial charge in [-0.05, 0) is 22.9 Å². The average Bonchev–Trinajstić information content (AvgIpc) is 2.17. The summed E-state index contributed by atoms with van der Waals surface area (Å²) in [5, 5.41) is 0. The van der Waals surface area contributed by atoms with Gasteiger partial charge in [0.25, 0.3) is 0 Å². The standard InChI is InChI=1S/C9H11BrN2O2S/c1-2-14-8(13)5-15-9-6(10)3-12-4-7(9)11/h3-4H,2,5,11H2,1H3. The third kappa shape index (κ3) is 3.71. The van der Waals surface area contributed by atoms with Crippen LogP contribution >= 0.6 is 27.7 Å². The Kier molecular flexibility index (Phi) is 4.90. The van der Waals surface area contributed by atoms with E-state index in [1.807, 2.05) is 0 Å². The van der Waals surface area contributed by atoms with Crippen LogP contribution in [0.4, 0.5) is 5.69 Å². The van der Waals surface area contributed by atoms with Gasteiger partial charge in [-0.25, -0.2) is 0 Å². The van der Waals surface area contributed by atoms with Gasteiger partial charge in [0.05, 0.1) is 28.7 Å². The highest BCUT2D eigenvalue weighted by molar-refractivity contribution is 9.10. The number of hydrogen-bond acceptors (Lipinski definition) is 5. The summed E-state index contributed by atoms with van der Waals surface area (Å²) in [6, 6.07) is 0. The van der Waals surface area contributed by atoms with Crippen LogP contribution in [0, 0.1) is 0 Å². The minimum absolute atomic E-state index is 0.245. The van der Waals surface area contributed by atoms with Crippen LogP contribution in [-0.4, -0.2) is 23.3 Å². The molecule has 0 aliphatic rings. The van der Waals surface area contributed by atoms with E-state index in [0.29, 0.717) is 12.3 Å². The minimum Gasteiger partial charge on any atom is -0.465 e. The monoisotopic (exact) mass is 290 g/mol. The molecule has 0 unspecified atom stereocenters. The third-order valence-corrected chi connectivity index (χ3v) is 3.51. The Hall–Kier alpha value is -0.750. The van der Waals surface area contributed by atoms with Crippen LogP contribution in [-0.2, 0) is 9.53 Å². The Morgan fingerprint density at radius 3 is 3.00 bits per heavy atom. The lowest BCUT2D eigenvalue weighted by Gasteiger charge is -2.06. The van der Waals surface area contributed by atoms with Gasteiger partial charge in [-0.15, -0.1) is 11.8 Å². The fourth-order valence-electron chi connectivity index (χ4n) is 0.924. The molecule has 1 rings (SSSR count). The van der Waals surface area contributed by atoms with E-state index in [4.69, 9.17) is 10.5 Å². The molecule has 0 bridgehead atoms. The van der Waals surface area contributed by atoms with Gasteiger partial charge in [-0.1, -0.05) is 0 Å². The van der Waals surface area contributed by atoms with Crippen molar-refractivity contribution in [1.82, 2.24) is 4.98 Å². The zero-order valence-electron chi connectivity index (χ0n) is 8.20. The molecule has 0 radical (unpaired) electrons. The van der Waals surface area contributed by atoms with E-state index < -0.39 is 0 Å². The lowest BCUT2D eigenvalue weighted by Crippen LogP contribution is -2.07. The van der Waals surface area contributed by atoms with Crippen LogP contribution in [0.25, 0.3) is 0 Å².